The monoisotopic (exact) mass is 689 g/mol. The molecule has 1 aliphatic carbocycles. The van der Waals surface area contributed by atoms with Crippen molar-refractivity contribution in [2.75, 3.05) is 22.4 Å². The van der Waals surface area contributed by atoms with Crippen molar-refractivity contribution in [3.05, 3.63) is 53.0 Å². The van der Waals surface area contributed by atoms with Gasteiger partial charge in [0.1, 0.15) is 6.54 Å². The van der Waals surface area contributed by atoms with Crippen molar-refractivity contribution in [1.29, 1.82) is 0 Å². The van der Waals surface area contributed by atoms with Gasteiger partial charge in [-0.2, -0.15) is 0 Å². The van der Waals surface area contributed by atoms with Crippen LogP contribution in [0.5, 0.6) is 0 Å². The average molecular weight is 690 g/mol. The van der Waals surface area contributed by atoms with Crippen LogP contribution in [0.4, 0.5) is 5.69 Å². The standard InChI is InChI=1S/C33H44IN3O3S/c1-3-24-10-9-11-27(20-24)36(4-2)32(39)23-37-28-16-19-41-31(28)22-29(37)30(38)21-25-12-14-26(15-13-25)33(40)35-18-8-6-5-7-17-34/h9-11,16,19-20,22,25-26H,3-8,12-15,17-18,21,23H2,1-2H3,(H,35,40). The summed E-state index contributed by atoms with van der Waals surface area (Å²) in [6.45, 7) is 5.57. The Morgan fingerprint density at radius 1 is 1.02 bits per heavy atom. The number of rotatable bonds is 15. The number of likely N-dealkylation sites (N-methyl/N-ethyl adjacent to an activating group) is 1. The Hall–Kier alpha value is -2.20. The number of aromatic nitrogens is 1. The van der Waals surface area contributed by atoms with Gasteiger partial charge < -0.3 is 14.8 Å². The number of ketones is 1. The highest BCUT2D eigenvalue weighted by molar-refractivity contribution is 14.1. The first-order valence-corrected chi connectivity index (χ1v) is 17.7. The summed E-state index contributed by atoms with van der Waals surface area (Å²) in [6, 6.07) is 12.1. The molecule has 2 amide bonds. The maximum atomic E-state index is 13.6. The van der Waals surface area contributed by atoms with Crippen LogP contribution in [0.1, 0.15) is 87.7 Å². The number of Topliss-reactive ketones (excluding diaryl/α,β-unsaturated/α-hetero) is 1. The Kier molecular flexibility index (Phi) is 12.3. The zero-order valence-corrected chi connectivity index (χ0v) is 27.5. The molecule has 41 heavy (non-hydrogen) atoms. The maximum absolute atomic E-state index is 13.6. The molecule has 222 valence electrons. The van der Waals surface area contributed by atoms with Gasteiger partial charge in [0.05, 0.1) is 15.9 Å². The van der Waals surface area contributed by atoms with Crippen LogP contribution < -0.4 is 10.2 Å². The lowest BCUT2D eigenvalue weighted by Crippen LogP contribution is -2.35. The molecule has 0 unspecified atom stereocenters. The minimum Gasteiger partial charge on any atom is -0.356 e. The van der Waals surface area contributed by atoms with E-state index in [1.807, 2.05) is 46.0 Å². The van der Waals surface area contributed by atoms with E-state index in [1.165, 1.54) is 29.3 Å². The summed E-state index contributed by atoms with van der Waals surface area (Å²) in [5.41, 5.74) is 3.66. The molecule has 4 rings (SSSR count). The van der Waals surface area contributed by atoms with E-state index in [0.29, 0.717) is 18.7 Å². The van der Waals surface area contributed by atoms with Gasteiger partial charge in [0.25, 0.3) is 0 Å². The molecule has 1 N–H and O–H groups in total. The largest absolute Gasteiger partial charge is 0.356 e. The number of amides is 2. The summed E-state index contributed by atoms with van der Waals surface area (Å²) < 4.78 is 4.15. The smallest absolute Gasteiger partial charge is 0.246 e. The molecule has 8 heteroatoms. The topological polar surface area (TPSA) is 71.4 Å². The fraction of sp³-hybridized carbons (Fsp3) is 0.545. The second-order valence-corrected chi connectivity index (χ2v) is 13.2. The molecule has 1 aromatic carbocycles. The number of hydrogen-bond donors (Lipinski definition) is 1. The summed E-state index contributed by atoms with van der Waals surface area (Å²) in [5, 5.41) is 5.15. The number of nitrogens with one attached hydrogen (secondary N) is 1. The van der Waals surface area contributed by atoms with Crippen molar-refractivity contribution in [2.45, 2.75) is 84.6 Å². The molecule has 0 aliphatic heterocycles. The molecular formula is C33H44IN3O3S. The van der Waals surface area contributed by atoms with Crippen molar-refractivity contribution >= 4 is 67.4 Å². The first-order valence-electron chi connectivity index (χ1n) is 15.3. The van der Waals surface area contributed by atoms with Gasteiger partial charge in [-0.1, -0.05) is 54.5 Å². The highest BCUT2D eigenvalue weighted by Crippen LogP contribution is 2.33. The molecule has 0 spiro atoms. The summed E-state index contributed by atoms with van der Waals surface area (Å²) in [7, 11) is 0. The van der Waals surface area contributed by atoms with Crippen LogP contribution in [0.2, 0.25) is 0 Å². The van der Waals surface area contributed by atoms with Gasteiger partial charge in [-0.25, -0.2) is 0 Å². The SMILES string of the molecule is CCc1cccc(N(CC)C(=O)Cn2c(C(=O)CC3CCC(C(=O)NCCCCCCI)CC3)cc3sccc32)c1. The van der Waals surface area contributed by atoms with Crippen molar-refractivity contribution in [1.82, 2.24) is 9.88 Å². The molecule has 2 aromatic heterocycles. The number of hydrogen-bond acceptors (Lipinski definition) is 4. The van der Waals surface area contributed by atoms with Crippen LogP contribution in [0.25, 0.3) is 10.2 Å². The van der Waals surface area contributed by atoms with E-state index in [1.54, 1.807) is 11.3 Å². The fourth-order valence-corrected chi connectivity index (χ4v) is 7.33. The van der Waals surface area contributed by atoms with Gasteiger partial charge in [0, 0.05) is 31.1 Å². The predicted molar refractivity (Wildman–Crippen MR) is 178 cm³/mol. The van der Waals surface area contributed by atoms with Gasteiger partial charge in [-0.05, 0) is 97.4 Å². The Morgan fingerprint density at radius 2 is 1.80 bits per heavy atom. The number of carbonyl (C=O) groups is 3. The Balaban J connectivity index is 1.35. The first kappa shape index (κ1) is 31.7. The van der Waals surface area contributed by atoms with E-state index in [0.717, 1.165) is 61.0 Å². The third-order valence-electron chi connectivity index (χ3n) is 8.40. The van der Waals surface area contributed by atoms with E-state index < -0.39 is 0 Å². The summed E-state index contributed by atoms with van der Waals surface area (Å²) in [5.74, 6) is 0.600. The van der Waals surface area contributed by atoms with E-state index in [2.05, 4.69) is 47.0 Å². The lowest BCUT2D eigenvalue weighted by molar-refractivity contribution is -0.126. The van der Waals surface area contributed by atoms with Crippen LogP contribution >= 0.6 is 33.9 Å². The number of thiophene rings is 1. The molecular weight excluding hydrogens is 645 g/mol. The molecule has 1 saturated carbocycles. The van der Waals surface area contributed by atoms with Crippen molar-refractivity contribution in [3.63, 3.8) is 0 Å². The normalized spacial score (nSPS) is 17.0. The number of unbranched alkanes of at least 4 members (excludes halogenated alkanes) is 3. The number of halogens is 1. The Bertz CT molecular complexity index is 1310. The number of carbonyl (C=O) groups excluding carboxylic acids is 3. The van der Waals surface area contributed by atoms with E-state index in [-0.39, 0.29) is 36.0 Å². The quantitative estimate of drug-likeness (QED) is 0.0766. The zero-order valence-electron chi connectivity index (χ0n) is 24.5. The lowest BCUT2D eigenvalue weighted by Gasteiger charge is -2.27. The Labute approximate surface area is 262 Å². The van der Waals surface area contributed by atoms with Gasteiger partial charge in [0.15, 0.2) is 5.78 Å². The molecule has 0 bridgehead atoms. The third kappa shape index (κ3) is 8.43. The number of benzene rings is 1. The first-order chi connectivity index (χ1) is 19.9. The molecule has 3 aromatic rings. The van der Waals surface area contributed by atoms with Gasteiger partial charge in [-0.3, -0.25) is 14.4 Å². The van der Waals surface area contributed by atoms with Crippen LogP contribution in [-0.2, 0) is 22.6 Å². The highest BCUT2D eigenvalue weighted by atomic mass is 127. The van der Waals surface area contributed by atoms with Crippen LogP contribution in [0.15, 0.2) is 41.8 Å². The highest BCUT2D eigenvalue weighted by Gasteiger charge is 2.29. The second-order valence-electron chi connectivity index (χ2n) is 11.2. The summed E-state index contributed by atoms with van der Waals surface area (Å²) in [4.78, 5) is 41.7. The lowest BCUT2D eigenvalue weighted by atomic mass is 9.79. The maximum Gasteiger partial charge on any atom is 0.246 e. The number of alkyl halides is 1. The minimum atomic E-state index is -0.0185. The van der Waals surface area contributed by atoms with Crippen LogP contribution in [0.3, 0.4) is 0 Å². The molecule has 2 heterocycles. The zero-order chi connectivity index (χ0) is 29.2. The summed E-state index contributed by atoms with van der Waals surface area (Å²) in [6.07, 6.45) is 9.56. The van der Waals surface area contributed by atoms with Crippen LogP contribution in [-0.4, -0.2) is 39.7 Å². The number of anilines is 1. The van der Waals surface area contributed by atoms with Crippen molar-refractivity contribution in [2.24, 2.45) is 11.8 Å². The number of fused-ring (bicyclic) bond motifs is 1. The Morgan fingerprint density at radius 3 is 2.54 bits per heavy atom. The molecule has 0 radical (unpaired) electrons. The van der Waals surface area contributed by atoms with Gasteiger partial charge in [-0.15, -0.1) is 11.3 Å². The third-order valence-corrected chi connectivity index (χ3v) is 10.0. The number of nitrogens with zero attached hydrogens (tertiary/aromatic N) is 2. The molecule has 1 aliphatic rings. The molecule has 0 atom stereocenters. The summed E-state index contributed by atoms with van der Waals surface area (Å²) >= 11 is 4.01. The fourth-order valence-electron chi connectivity index (χ4n) is 5.97. The van der Waals surface area contributed by atoms with E-state index >= 15 is 0 Å². The van der Waals surface area contributed by atoms with E-state index in [9.17, 15) is 14.4 Å². The predicted octanol–water partition coefficient (Wildman–Crippen LogP) is 7.81. The second kappa shape index (κ2) is 15.9. The van der Waals surface area contributed by atoms with Gasteiger partial charge >= 0.3 is 0 Å². The number of aryl methyl sites for hydroxylation is 1. The van der Waals surface area contributed by atoms with Gasteiger partial charge in [0.2, 0.25) is 11.8 Å². The molecule has 0 saturated heterocycles. The molecule has 1 fully saturated rings. The minimum absolute atomic E-state index is 0.0185. The van der Waals surface area contributed by atoms with Crippen LogP contribution in [0, 0.1) is 11.8 Å². The average Bonchev–Trinajstić information content (AvgIpc) is 3.58. The van der Waals surface area contributed by atoms with E-state index in [4.69, 9.17) is 0 Å². The molecule has 6 nitrogen and oxygen atoms in total. The van der Waals surface area contributed by atoms with Crippen molar-refractivity contribution < 1.29 is 14.4 Å². The van der Waals surface area contributed by atoms with Crippen molar-refractivity contribution in [3.8, 4) is 0 Å².